The van der Waals surface area contributed by atoms with Crippen LogP contribution in [0.15, 0.2) is 24.3 Å². The molecule has 0 aliphatic heterocycles. The molecule has 0 aromatic heterocycles. The molecule has 6 nitrogen and oxygen atoms in total. The number of ketones is 2. The number of phenolic OH excluding ortho intramolecular Hbond substituents is 1. The Morgan fingerprint density at radius 2 is 1.15 bits per heavy atom. The largest absolute Gasteiger partial charge is 1.00 e. The van der Waals surface area contributed by atoms with Crippen LogP contribution in [0.1, 0.15) is 154 Å². The molecule has 0 unspecified atom stereocenters. The van der Waals surface area contributed by atoms with Crippen molar-refractivity contribution >= 4 is 11.6 Å². The van der Waals surface area contributed by atoms with E-state index in [0.717, 1.165) is 29.7 Å². The van der Waals surface area contributed by atoms with Crippen molar-refractivity contribution in [1.29, 1.82) is 0 Å². The second kappa shape index (κ2) is 20.8. The van der Waals surface area contributed by atoms with Crippen LogP contribution in [0, 0.1) is 6.92 Å². The standard InChI is InChI=1S/C39H59NO5.BrH/c1-6-8-10-12-14-16-18-20-22-40(4,23-21-19-17-15-13-11-9-7-2)24-25-45-35-29-31(44-5)28-33-37(35)39(43)36-32(38(33)42)26-30(3)27-34(36)41;/h26-29H,6-25H2,1-5H3;1H. The van der Waals surface area contributed by atoms with E-state index >= 15 is 0 Å². The monoisotopic (exact) mass is 701 g/mol. The molecular weight excluding hydrogens is 642 g/mol. The number of quaternary nitrogens is 1. The van der Waals surface area contributed by atoms with Gasteiger partial charge in [-0.2, -0.15) is 0 Å². The summed E-state index contributed by atoms with van der Waals surface area (Å²) in [4.78, 5) is 27.2. The zero-order valence-electron chi connectivity index (χ0n) is 29.4. The highest BCUT2D eigenvalue weighted by molar-refractivity contribution is 6.30. The highest BCUT2D eigenvalue weighted by atomic mass is 79.9. The van der Waals surface area contributed by atoms with Crippen molar-refractivity contribution in [2.75, 3.05) is 40.4 Å². The van der Waals surface area contributed by atoms with E-state index in [-0.39, 0.29) is 56.6 Å². The Labute approximate surface area is 289 Å². The highest BCUT2D eigenvalue weighted by Gasteiger charge is 2.36. The molecule has 0 saturated carbocycles. The molecule has 2 aromatic rings. The van der Waals surface area contributed by atoms with Crippen molar-refractivity contribution in [1.82, 2.24) is 0 Å². The van der Waals surface area contributed by atoms with Crippen molar-refractivity contribution in [3.8, 4) is 17.2 Å². The molecule has 0 heterocycles. The second-order valence-corrected chi connectivity index (χ2v) is 13.5. The number of ether oxygens (including phenoxy) is 2. The van der Waals surface area contributed by atoms with Crippen molar-refractivity contribution in [3.63, 3.8) is 0 Å². The molecule has 0 radical (unpaired) electrons. The Bertz CT molecular complexity index is 1220. The average molecular weight is 703 g/mol. The number of fused-ring (bicyclic) bond motifs is 2. The van der Waals surface area contributed by atoms with Crippen LogP contribution in [0.3, 0.4) is 0 Å². The van der Waals surface area contributed by atoms with Gasteiger partial charge in [0.1, 0.15) is 30.4 Å². The van der Waals surface area contributed by atoms with Crippen LogP contribution in [0.2, 0.25) is 0 Å². The maximum atomic E-state index is 13.7. The molecule has 0 amide bonds. The van der Waals surface area contributed by atoms with Gasteiger partial charge in [-0.15, -0.1) is 0 Å². The summed E-state index contributed by atoms with van der Waals surface area (Å²) in [6.45, 7) is 9.80. The number of hydrogen-bond acceptors (Lipinski definition) is 5. The van der Waals surface area contributed by atoms with Gasteiger partial charge >= 0.3 is 0 Å². The van der Waals surface area contributed by atoms with Gasteiger partial charge < -0.3 is 36.0 Å². The van der Waals surface area contributed by atoms with Gasteiger partial charge in [0.2, 0.25) is 5.78 Å². The maximum absolute atomic E-state index is 13.7. The van der Waals surface area contributed by atoms with E-state index in [4.69, 9.17) is 9.47 Å². The third kappa shape index (κ3) is 11.7. The molecule has 0 fully saturated rings. The molecule has 0 spiro atoms. The fraction of sp³-hybridized carbons (Fsp3) is 0.641. The minimum Gasteiger partial charge on any atom is -1.00 e. The predicted octanol–water partition coefficient (Wildman–Crippen LogP) is 6.60. The van der Waals surface area contributed by atoms with Gasteiger partial charge in [0.25, 0.3) is 0 Å². The Morgan fingerprint density at radius 3 is 1.67 bits per heavy atom. The minimum atomic E-state index is -0.384. The Morgan fingerprint density at radius 1 is 0.652 bits per heavy atom. The molecule has 258 valence electrons. The summed E-state index contributed by atoms with van der Waals surface area (Å²) < 4.78 is 12.8. The van der Waals surface area contributed by atoms with Gasteiger partial charge in [-0.3, -0.25) is 9.59 Å². The number of likely N-dealkylation sites (N-methyl/N-ethyl adjacent to an activating group) is 1. The third-order valence-corrected chi connectivity index (χ3v) is 9.51. The minimum absolute atomic E-state index is 0. The SMILES string of the molecule is CCCCCCCCCC[N+](C)(CCCCCCCCCC)CCOc1cc(OC)cc2c1C(=O)c1c(O)cc(C)cc1C2=O.[Br-]. The lowest BCUT2D eigenvalue weighted by molar-refractivity contribution is -0.910. The number of aromatic hydroxyl groups is 1. The van der Waals surface area contributed by atoms with Gasteiger partial charge in [0.15, 0.2) is 5.78 Å². The number of carbonyl (C=O) groups excluding carboxylic acids is 2. The molecule has 0 saturated heterocycles. The predicted molar refractivity (Wildman–Crippen MR) is 184 cm³/mol. The first-order valence-electron chi connectivity index (χ1n) is 17.9. The molecule has 46 heavy (non-hydrogen) atoms. The number of halogens is 1. The fourth-order valence-corrected chi connectivity index (χ4v) is 6.66. The molecule has 2 aromatic carbocycles. The van der Waals surface area contributed by atoms with Crippen molar-refractivity contribution < 1.29 is 45.6 Å². The number of rotatable bonds is 23. The third-order valence-electron chi connectivity index (χ3n) is 9.51. The molecule has 1 aliphatic rings. The lowest BCUT2D eigenvalue weighted by Crippen LogP contribution is -3.00. The first-order chi connectivity index (χ1) is 21.7. The van der Waals surface area contributed by atoms with E-state index in [9.17, 15) is 14.7 Å². The van der Waals surface area contributed by atoms with E-state index in [1.807, 2.05) is 0 Å². The van der Waals surface area contributed by atoms with E-state index in [1.54, 1.807) is 32.2 Å². The highest BCUT2D eigenvalue weighted by Crippen LogP contribution is 2.40. The van der Waals surface area contributed by atoms with E-state index in [1.165, 1.54) is 109 Å². The molecule has 1 N–H and O–H groups in total. The molecule has 7 heteroatoms. The number of nitrogens with zero attached hydrogens (tertiary/aromatic N) is 1. The van der Waals surface area contributed by atoms with Crippen LogP contribution in [0.5, 0.6) is 17.2 Å². The van der Waals surface area contributed by atoms with E-state index < -0.39 is 0 Å². The van der Waals surface area contributed by atoms with E-state index in [0.29, 0.717) is 18.1 Å². The van der Waals surface area contributed by atoms with Crippen LogP contribution >= 0.6 is 0 Å². The number of unbranched alkanes of at least 4 members (excludes halogenated alkanes) is 14. The van der Waals surface area contributed by atoms with Gasteiger partial charge in [0.05, 0.1) is 38.4 Å². The summed E-state index contributed by atoms with van der Waals surface area (Å²) in [7, 11) is 3.89. The van der Waals surface area contributed by atoms with E-state index in [2.05, 4.69) is 20.9 Å². The molecular formula is C39H60BrNO5. The lowest BCUT2D eigenvalue weighted by Gasteiger charge is -2.35. The van der Waals surface area contributed by atoms with Crippen LogP contribution in [-0.2, 0) is 0 Å². The number of methoxy groups -OCH3 is 1. The maximum Gasteiger partial charge on any atom is 0.201 e. The molecule has 1 aliphatic carbocycles. The van der Waals surface area contributed by atoms with Gasteiger partial charge in [-0.25, -0.2) is 0 Å². The number of carbonyl (C=O) groups is 2. The van der Waals surface area contributed by atoms with Crippen molar-refractivity contribution in [3.05, 3.63) is 52.1 Å². The van der Waals surface area contributed by atoms with Crippen molar-refractivity contribution in [2.45, 2.75) is 124 Å². The number of hydrogen-bond donors (Lipinski definition) is 1. The smallest absolute Gasteiger partial charge is 0.201 e. The normalized spacial score (nSPS) is 12.5. The summed E-state index contributed by atoms with van der Waals surface area (Å²) in [5.41, 5.74) is 1.48. The summed E-state index contributed by atoms with van der Waals surface area (Å²) in [5.74, 6) is -0.0349. The fourth-order valence-electron chi connectivity index (χ4n) is 6.66. The number of aryl methyl sites for hydroxylation is 1. The van der Waals surface area contributed by atoms with Gasteiger partial charge in [-0.05, 0) is 56.4 Å². The first-order valence-corrected chi connectivity index (χ1v) is 17.9. The summed E-state index contributed by atoms with van der Waals surface area (Å²) in [5, 5.41) is 10.6. The van der Waals surface area contributed by atoms with Crippen LogP contribution < -0.4 is 26.5 Å². The molecule has 0 bridgehead atoms. The van der Waals surface area contributed by atoms with Crippen molar-refractivity contribution in [2.24, 2.45) is 0 Å². The zero-order valence-corrected chi connectivity index (χ0v) is 30.9. The summed E-state index contributed by atoms with van der Waals surface area (Å²) in [6, 6.07) is 6.49. The first kappa shape index (κ1) is 39.8. The van der Waals surface area contributed by atoms with Gasteiger partial charge in [0, 0.05) is 17.2 Å². The number of benzene rings is 2. The molecule has 0 atom stereocenters. The lowest BCUT2D eigenvalue weighted by atomic mass is 9.82. The second-order valence-electron chi connectivity index (χ2n) is 13.5. The van der Waals surface area contributed by atoms with Crippen LogP contribution in [0.25, 0.3) is 0 Å². The Hall–Kier alpha value is -2.38. The summed E-state index contributed by atoms with van der Waals surface area (Å²) >= 11 is 0. The topological polar surface area (TPSA) is 72.8 Å². The van der Waals surface area contributed by atoms with Crippen LogP contribution in [0.4, 0.5) is 0 Å². The van der Waals surface area contributed by atoms with Crippen LogP contribution in [-0.4, -0.2) is 61.6 Å². The number of phenols is 1. The average Bonchev–Trinajstić information content (AvgIpc) is 3.01. The summed E-state index contributed by atoms with van der Waals surface area (Å²) in [6.07, 6.45) is 20.9. The zero-order chi connectivity index (χ0) is 32.7. The Kier molecular flexibility index (Phi) is 18.0. The molecule has 3 rings (SSSR count). The quantitative estimate of drug-likeness (QED) is 0.0892. The van der Waals surface area contributed by atoms with Gasteiger partial charge in [-0.1, -0.05) is 90.9 Å². The Balaban J connectivity index is 0.00000736.